The number of amides is 1. The molecule has 0 aliphatic heterocycles. The third-order valence-electron chi connectivity index (χ3n) is 1.81. The fourth-order valence-electron chi connectivity index (χ4n) is 1.15. The van der Waals surface area contributed by atoms with Gasteiger partial charge in [-0.3, -0.25) is 4.79 Å². The van der Waals surface area contributed by atoms with E-state index in [9.17, 15) is 18.0 Å². The molecule has 0 atom stereocenters. The molecule has 1 rings (SSSR count). The Bertz CT molecular complexity index is 438. The molecule has 0 heterocycles. The van der Waals surface area contributed by atoms with E-state index in [0.717, 1.165) is 6.07 Å². The monoisotopic (exact) mass is 326 g/mol. The standard InChI is InChI=1S/C10H10BrF3N2O2/c11-6-1-2-7(16-9(17)3-4-15)8(5-6)18-10(12,13)14/h1-2,5H,3-4,15H2,(H,16,17). The van der Waals surface area contributed by atoms with Gasteiger partial charge in [0.1, 0.15) is 0 Å². The van der Waals surface area contributed by atoms with Gasteiger partial charge in [0.2, 0.25) is 5.91 Å². The molecule has 1 aromatic rings. The number of carbonyl (C=O) groups is 1. The quantitative estimate of drug-likeness (QED) is 0.894. The number of benzene rings is 1. The van der Waals surface area contributed by atoms with Gasteiger partial charge in [0.05, 0.1) is 5.69 Å². The third-order valence-corrected chi connectivity index (χ3v) is 2.31. The van der Waals surface area contributed by atoms with Crippen molar-refractivity contribution in [2.45, 2.75) is 12.8 Å². The van der Waals surface area contributed by atoms with Crippen LogP contribution in [0.1, 0.15) is 6.42 Å². The van der Waals surface area contributed by atoms with Gasteiger partial charge in [-0.1, -0.05) is 15.9 Å². The average molecular weight is 327 g/mol. The third kappa shape index (κ3) is 4.92. The minimum atomic E-state index is -4.83. The van der Waals surface area contributed by atoms with Crippen LogP contribution in [0.5, 0.6) is 5.75 Å². The van der Waals surface area contributed by atoms with Crippen LogP contribution in [0, 0.1) is 0 Å². The van der Waals surface area contributed by atoms with Crippen LogP contribution in [0.25, 0.3) is 0 Å². The van der Waals surface area contributed by atoms with Crippen LogP contribution < -0.4 is 15.8 Å². The van der Waals surface area contributed by atoms with Crippen LogP contribution in [0.15, 0.2) is 22.7 Å². The Labute approximate surface area is 109 Å². The Morgan fingerprint density at radius 2 is 2.11 bits per heavy atom. The first-order chi connectivity index (χ1) is 8.31. The molecule has 3 N–H and O–H groups in total. The number of carbonyl (C=O) groups excluding carboxylic acids is 1. The lowest BCUT2D eigenvalue weighted by molar-refractivity contribution is -0.274. The maximum Gasteiger partial charge on any atom is 0.573 e. The van der Waals surface area contributed by atoms with E-state index in [0.29, 0.717) is 4.47 Å². The SMILES string of the molecule is NCCC(=O)Nc1ccc(Br)cc1OC(F)(F)F. The Kier molecular flexibility index (Phi) is 4.97. The predicted molar refractivity (Wildman–Crippen MR) is 63.1 cm³/mol. The molecular formula is C10H10BrF3N2O2. The summed E-state index contributed by atoms with van der Waals surface area (Å²) in [5.74, 6) is -0.964. The van der Waals surface area contributed by atoms with E-state index in [1.807, 2.05) is 0 Å². The molecule has 0 unspecified atom stereocenters. The maximum atomic E-state index is 12.2. The van der Waals surface area contributed by atoms with Crippen molar-refractivity contribution in [1.82, 2.24) is 0 Å². The number of ether oxygens (including phenoxy) is 1. The molecular weight excluding hydrogens is 317 g/mol. The van der Waals surface area contributed by atoms with E-state index in [4.69, 9.17) is 5.73 Å². The van der Waals surface area contributed by atoms with Gasteiger partial charge in [-0.05, 0) is 18.2 Å². The van der Waals surface area contributed by atoms with Crippen molar-refractivity contribution < 1.29 is 22.7 Å². The molecule has 0 aliphatic rings. The first-order valence-electron chi connectivity index (χ1n) is 4.87. The van der Waals surface area contributed by atoms with E-state index in [2.05, 4.69) is 26.0 Å². The molecule has 0 spiro atoms. The van der Waals surface area contributed by atoms with Crippen LogP contribution >= 0.6 is 15.9 Å². The molecule has 0 fully saturated rings. The van der Waals surface area contributed by atoms with Gasteiger partial charge in [0, 0.05) is 17.4 Å². The molecule has 0 aliphatic carbocycles. The highest BCUT2D eigenvalue weighted by molar-refractivity contribution is 9.10. The van der Waals surface area contributed by atoms with E-state index in [1.54, 1.807) is 0 Å². The first-order valence-corrected chi connectivity index (χ1v) is 5.66. The second-order valence-corrected chi connectivity index (χ2v) is 4.19. The van der Waals surface area contributed by atoms with Crippen molar-refractivity contribution in [3.05, 3.63) is 22.7 Å². The highest BCUT2D eigenvalue weighted by Crippen LogP contribution is 2.32. The van der Waals surface area contributed by atoms with Gasteiger partial charge in [-0.25, -0.2) is 0 Å². The second-order valence-electron chi connectivity index (χ2n) is 3.28. The van der Waals surface area contributed by atoms with Crippen molar-refractivity contribution in [3.63, 3.8) is 0 Å². The molecule has 18 heavy (non-hydrogen) atoms. The van der Waals surface area contributed by atoms with Crippen LogP contribution in [0.3, 0.4) is 0 Å². The van der Waals surface area contributed by atoms with Crippen LogP contribution in [0.2, 0.25) is 0 Å². The molecule has 0 saturated carbocycles. The molecule has 4 nitrogen and oxygen atoms in total. The normalized spacial score (nSPS) is 11.2. The minimum absolute atomic E-state index is 0.0154. The molecule has 8 heteroatoms. The van der Waals surface area contributed by atoms with Crippen LogP contribution in [-0.4, -0.2) is 18.8 Å². The van der Waals surface area contributed by atoms with Crippen molar-refractivity contribution in [2.24, 2.45) is 5.73 Å². The van der Waals surface area contributed by atoms with Crippen molar-refractivity contribution >= 4 is 27.5 Å². The largest absolute Gasteiger partial charge is 0.573 e. The Hall–Kier alpha value is -1.28. The second kappa shape index (κ2) is 6.05. The van der Waals surface area contributed by atoms with Gasteiger partial charge in [-0.2, -0.15) is 0 Å². The summed E-state index contributed by atoms with van der Waals surface area (Å²) in [7, 11) is 0. The summed E-state index contributed by atoms with van der Waals surface area (Å²) in [6.45, 7) is 0.109. The average Bonchev–Trinajstić information content (AvgIpc) is 2.20. The van der Waals surface area contributed by atoms with E-state index < -0.39 is 18.0 Å². The van der Waals surface area contributed by atoms with Gasteiger partial charge in [0.15, 0.2) is 5.75 Å². The number of nitrogens with one attached hydrogen (secondary N) is 1. The molecule has 0 radical (unpaired) electrons. The molecule has 0 saturated heterocycles. The molecule has 1 amide bonds. The van der Waals surface area contributed by atoms with Crippen LogP contribution in [0.4, 0.5) is 18.9 Å². The number of hydrogen-bond donors (Lipinski definition) is 2. The number of alkyl halides is 3. The number of rotatable bonds is 4. The fourth-order valence-corrected chi connectivity index (χ4v) is 1.49. The summed E-state index contributed by atoms with van der Waals surface area (Å²) in [5, 5.41) is 2.30. The number of halogens is 4. The molecule has 0 aromatic heterocycles. The van der Waals surface area contributed by atoms with Gasteiger partial charge in [-0.15, -0.1) is 13.2 Å². The Balaban J connectivity index is 2.93. The van der Waals surface area contributed by atoms with Crippen molar-refractivity contribution in [2.75, 3.05) is 11.9 Å². The maximum absolute atomic E-state index is 12.2. The smallest absolute Gasteiger partial charge is 0.404 e. The van der Waals surface area contributed by atoms with E-state index in [1.165, 1.54) is 12.1 Å². The summed E-state index contributed by atoms with van der Waals surface area (Å²) < 4.78 is 40.7. The fraction of sp³-hybridized carbons (Fsp3) is 0.300. The summed E-state index contributed by atoms with van der Waals surface area (Å²) in [4.78, 5) is 11.3. The summed E-state index contributed by atoms with van der Waals surface area (Å²) in [6, 6.07) is 3.91. The van der Waals surface area contributed by atoms with Crippen molar-refractivity contribution in [3.8, 4) is 5.75 Å². The molecule has 1 aromatic carbocycles. The highest BCUT2D eigenvalue weighted by atomic mass is 79.9. The zero-order valence-electron chi connectivity index (χ0n) is 9.05. The van der Waals surface area contributed by atoms with E-state index >= 15 is 0 Å². The molecule has 0 bridgehead atoms. The lowest BCUT2D eigenvalue weighted by atomic mass is 10.3. The van der Waals surface area contributed by atoms with Crippen LogP contribution in [-0.2, 0) is 4.79 Å². The highest BCUT2D eigenvalue weighted by Gasteiger charge is 2.32. The Morgan fingerprint density at radius 1 is 1.44 bits per heavy atom. The minimum Gasteiger partial charge on any atom is -0.404 e. The summed E-state index contributed by atoms with van der Waals surface area (Å²) in [5.41, 5.74) is 5.11. The number of hydrogen-bond acceptors (Lipinski definition) is 3. The molecule has 100 valence electrons. The number of nitrogens with two attached hydrogens (primary N) is 1. The number of anilines is 1. The summed E-state index contributed by atoms with van der Waals surface area (Å²) >= 11 is 3.02. The lowest BCUT2D eigenvalue weighted by Gasteiger charge is -2.14. The van der Waals surface area contributed by atoms with Gasteiger partial charge in [0.25, 0.3) is 0 Å². The van der Waals surface area contributed by atoms with Gasteiger partial charge >= 0.3 is 6.36 Å². The predicted octanol–water partition coefficient (Wildman–Crippen LogP) is 2.64. The van der Waals surface area contributed by atoms with E-state index in [-0.39, 0.29) is 18.7 Å². The van der Waals surface area contributed by atoms with Gasteiger partial charge < -0.3 is 15.8 Å². The zero-order chi connectivity index (χ0) is 13.8. The lowest BCUT2D eigenvalue weighted by Crippen LogP contribution is -2.20. The Morgan fingerprint density at radius 3 is 2.67 bits per heavy atom. The first kappa shape index (κ1) is 14.8. The summed E-state index contributed by atoms with van der Waals surface area (Å²) in [6.07, 6.45) is -4.81. The zero-order valence-corrected chi connectivity index (χ0v) is 10.6. The van der Waals surface area contributed by atoms with Crippen molar-refractivity contribution in [1.29, 1.82) is 0 Å². The topological polar surface area (TPSA) is 64.4 Å².